The monoisotopic (exact) mass is 350 g/mol. The zero-order chi connectivity index (χ0) is 17.3. The van der Waals surface area contributed by atoms with Gasteiger partial charge in [-0.1, -0.05) is 61.9 Å². The molecule has 2 nitrogen and oxygen atoms in total. The lowest BCUT2D eigenvalue weighted by molar-refractivity contribution is 0.557. The van der Waals surface area contributed by atoms with E-state index in [0.717, 1.165) is 38.0 Å². The molecule has 0 N–H and O–H groups in total. The summed E-state index contributed by atoms with van der Waals surface area (Å²) in [6, 6.07) is 23.6. The first-order valence-electron chi connectivity index (χ1n) is 9.12. The van der Waals surface area contributed by atoms with Crippen LogP contribution in [0.1, 0.15) is 36.7 Å². The molecule has 25 heavy (non-hydrogen) atoms. The highest BCUT2D eigenvalue weighted by Crippen LogP contribution is 2.23. The highest BCUT2D eigenvalue weighted by Gasteiger charge is 2.08. The second kappa shape index (κ2) is 9.47. The van der Waals surface area contributed by atoms with Crippen LogP contribution in [0, 0.1) is 0 Å². The van der Waals surface area contributed by atoms with Gasteiger partial charge < -0.3 is 0 Å². The Labute approximate surface area is 155 Å². The van der Waals surface area contributed by atoms with E-state index >= 15 is 0 Å². The van der Waals surface area contributed by atoms with E-state index in [0.29, 0.717) is 0 Å². The Balaban J connectivity index is 1.62. The van der Waals surface area contributed by atoms with Gasteiger partial charge in [0, 0.05) is 22.9 Å². The smallest absolute Gasteiger partial charge is 0.0627 e. The zero-order valence-electron chi connectivity index (χ0n) is 14.9. The molecule has 0 bridgehead atoms. The Morgan fingerprint density at radius 2 is 1.64 bits per heavy atom. The van der Waals surface area contributed by atoms with Crippen LogP contribution in [0.5, 0.6) is 0 Å². The van der Waals surface area contributed by atoms with E-state index in [1.807, 2.05) is 11.8 Å². The number of hydrogen-bond acceptors (Lipinski definition) is 2. The van der Waals surface area contributed by atoms with Gasteiger partial charge in [-0.3, -0.25) is 4.68 Å². The summed E-state index contributed by atoms with van der Waals surface area (Å²) in [5.74, 6) is 0.978. The molecule has 0 saturated heterocycles. The van der Waals surface area contributed by atoms with E-state index in [1.165, 1.54) is 21.8 Å². The van der Waals surface area contributed by atoms with E-state index in [4.69, 9.17) is 5.10 Å². The van der Waals surface area contributed by atoms with Crippen molar-refractivity contribution in [1.29, 1.82) is 0 Å². The number of hydrogen-bond donors (Lipinski definition) is 0. The highest BCUT2D eigenvalue weighted by atomic mass is 32.2. The average Bonchev–Trinajstić information content (AvgIpc) is 3.04. The van der Waals surface area contributed by atoms with Crippen LogP contribution in [0.15, 0.2) is 71.6 Å². The van der Waals surface area contributed by atoms with Crippen LogP contribution in [0.25, 0.3) is 0 Å². The maximum absolute atomic E-state index is 4.85. The van der Waals surface area contributed by atoms with Gasteiger partial charge in [-0.25, -0.2) is 0 Å². The van der Waals surface area contributed by atoms with Crippen LogP contribution in [-0.2, 0) is 25.1 Å². The molecule has 0 spiro atoms. The molecular formula is C22H26N2S. The number of aryl methyl sites for hydroxylation is 3. The van der Waals surface area contributed by atoms with Crippen molar-refractivity contribution in [1.82, 2.24) is 9.78 Å². The van der Waals surface area contributed by atoms with Crippen molar-refractivity contribution in [3.8, 4) is 0 Å². The molecule has 0 aliphatic carbocycles. The number of nitrogens with zero attached hydrogens (tertiary/aromatic N) is 2. The summed E-state index contributed by atoms with van der Waals surface area (Å²) in [5, 5.41) is 4.85. The van der Waals surface area contributed by atoms with Gasteiger partial charge in [-0.2, -0.15) is 5.10 Å². The number of benzene rings is 2. The minimum atomic E-state index is 0.978. The van der Waals surface area contributed by atoms with Crippen molar-refractivity contribution >= 4 is 11.8 Å². The van der Waals surface area contributed by atoms with Gasteiger partial charge in [-0.15, -0.1) is 11.8 Å². The van der Waals surface area contributed by atoms with Crippen LogP contribution >= 0.6 is 11.8 Å². The molecule has 0 saturated carbocycles. The predicted octanol–water partition coefficient (Wildman–Crippen LogP) is 5.76. The Hall–Kier alpha value is -2.00. The van der Waals surface area contributed by atoms with Crippen LogP contribution in [0.2, 0.25) is 0 Å². The highest BCUT2D eigenvalue weighted by molar-refractivity contribution is 7.98. The molecule has 1 heterocycles. The fourth-order valence-electron chi connectivity index (χ4n) is 2.95. The van der Waals surface area contributed by atoms with Crippen molar-refractivity contribution in [2.75, 3.05) is 0 Å². The van der Waals surface area contributed by atoms with Gasteiger partial charge in [0.2, 0.25) is 0 Å². The first-order valence-corrected chi connectivity index (χ1v) is 10.1. The van der Waals surface area contributed by atoms with Gasteiger partial charge in [0.05, 0.1) is 5.69 Å². The van der Waals surface area contributed by atoms with E-state index in [2.05, 4.69) is 78.3 Å². The van der Waals surface area contributed by atoms with Gasteiger partial charge in [0.15, 0.2) is 0 Å². The fourth-order valence-corrected chi connectivity index (χ4v) is 3.85. The van der Waals surface area contributed by atoms with Gasteiger partial charge in [0.25, 0.3) is 0 Å². The van der Waals surface area contributed by atoms with Crippen LogP contribution in [0.3, 0.4) is 0 Å². The molecule has 0 aliphatic heterocycles. The predicted molar refractivity (Wildman–Crippen MR) is 107 cm³/mol. The second-order valence-electron chi connectivity index (χ2n) is 6.29. The SMILES string of the molecule is CCCc1cc(CSc2ccccc2)n(CCCc2ccccc2)n1. The lowest BCUT2D eigenvalue weighted by Crippen LogP contribution is -2.06. The molecule has 3 heteroatoms. The average molecular weight is 351 g/mol. The van der Waals surface area contributed by atoms with E-state index in [1.54, 1.807) is 0 Å². The normalized spacial score (nSPS) is 10.9. The lowest BCUT2D eigenvalue weighted by Gasteiger charge is -2.08. The Bertz CT molecular complexity index is 750. The molecule has 0 radical (unpaired) electrons. The topological polar surface area (TPSA) is 17.8 Å². The molecule has 3 rings (SSSR count). The number of rotatable bonds is 9. The van der Waals surface area contributed by atoms with Crippen LogP contribution in [0.4, 0.5) is 0 Å². The molecule has 0 unspecified atom stereocenters. The van der Waals surface area contributed by atoms with Crippen LogP contribution in [-0.4, -0.2) is 9.78 Å². The quantitative estimate of drug-likeness (QED) is 0.457. The minimum absolute atomic E-state index is 0.978. The summed E-state index contributed by atoms with van der Waals surface area (Å²) in [6.07, 6.45) is 4.44. The molecule has 0 aliphatic rings. The van der Waals surface area contributed by atoms with E-state index < -0.39 is 0 Å². The molecule has 0 amide bonds. The lowest BCUT2D eigenvalue weighted by atomic mass is 10.1. The largest absolute Gasteiger partial charge is 0.268 e. The van der Waals surface area contributed by atoms with Crippen molar-refractivity contribution in [2.45, 2.75) is 49.8 Å². The number of aromatic nitrogens is 2. The molecule has 0 fully saturated rings. The third-order valence-electron chi connectivity index (χ3n) is 4.23. The third-order valence-corrected chi connectivity index (χ3v) is 5.27. The summed E-state index contributed by atoms with van der Waals surface area (Å²) in [6.45, 7) is 3.20. The Morgan fingerprint density at radius 3 is 2.36 bits per heavy atom. The summed E-state index contributed by atoms with van der Waals surface area (Å²) in [4.78, 5) is 1.32. The fraction of sp³-hybridized carbons (Fsp3) is 0.318. The van der Waals surface area contributed by atoms with E-state index in [-0.39, 0.29) is 0 Å². The zero-order valence-corrected chi connectivity index (χ0v) is 15.7. The molecule has 0 atom stereocenters. The summed E-state index contributed by atoms with van der Waals surface area (Å²) < 4.78 is 2.23. The second-order valence-corrected chi connectivity index (χ2v) is 7.34. The minimum Gasteiger partial charge on any atom is -0.268 e. The molecule has 2 aromatic carbocycles. The first kappa shape index (κ1) is 17.8. The first-order chi connectivity index (χ1) is 12.3. The molecule has 1 aromatic heterocycles. The van der Waals surface area contributed by atoms with Crippen molar-refractivity contribution in [3.63, 3.8) is 0 Å². The maximum atomic E-state index is 4.85. The summed E-state index contributed by atoms with van der Waals surface area (Å²) >= 11 is 1.89. The number of thioether (sulfide) groups is 1. The third kappa shape index (κ3) is 5.50. The summed E-state index contributed by atoms with van der Waals surface area (Å²) in [5.41, 5.74) is 3.97. The molecular weight excluding hydrogens is 324 g/mol. The maximum Gasteiger partial charge on any atom is 0.0627 e. The van der Waals surface area contributed by atoms with Gasteiger partial charge in [0.1, 0.15) is 0 Å². The van der Waals surface area contributed by atoms with Crippen molar-refractivity contribution in [2.24, 2.45) is 0 Å². The van der Waals surface area contributed by atoms with Crippen molar-refractivity contribution < 1.29 is 0 Å². The molecule has 130 valence electrons. The Morgan fingerprint density at radius 1 is 0.920 bits per heavy atom. The van der Waals surface area contributed by atoms with Gasteiger partial charge >= 0.3 is 0 Å². The van der Waals surface area contributed by atoms with Crippen LogP contribution < -0.4 is 0 Å². The standard InChI is InChI=1S/C22H26N2S/c1-2-10-20-17-21(18-25-22-14-7-4-8-15-22)24(23-20)16-9-13-19-11-5-3-6-12-19/h3-8,11-12,14-15,17H,2,9-10,13,16,18H2,1H3. The Kier molecular flexibility index (Phi) is 6.75. The van der Waals surface area contributed by atoms with Gasteiger partial charge in [-0.05, 0) is 43.0 Å². The molecule has 3 aromatic rings. The van der Waals surface area contributed by atoms with Crippen molar-refractivity contribution in [3.05, 3.63) is 83.7 Å². The summed E-state index contributed by atoms with van der Waals surface area (Å²) in [7, 11) is 0. The van der Waals surface area contributed by atoms with E-state index in [9.17, 15) is 0 Å².